The van der Waals surface area contributed by atoms with Crippen molar-refractivity contribution in [1.29, 1.82) is 0 Å². The Morgan fingerprint density at radius 1 is 1.47 bits per heavy atom. The lowest BCUT2D eigenvalue weighted by molar-refractivity contribution is -0.125. The number of hydrogen-bond donors (Lipinski definition) is 2. The number of nitrogens with one attached hydrogen (secondary N) is 2. The molecule has 0 saturated carbocycles. The first-order valence-corrected chi connectivity index (χ1v) is 7.24. The van der Waals surface area contributed by atoms with E-state index in [1.807, 2.05) is 6.92 Å². The Morgan fingerprint density at radius 2 is 2.26 bits per heavy atom. The Labute approximate surface area is 114 Å². The fraction of sp³-hybridized carbons (Fsp3) is 0.714. The first-order valence-electron chi connectivity index (χ1n) is 7.24. The Balaban J connectivity index is 1.64. The zero-order valence-electron chi connectivity index (χ0n) is 11.7. The van der Waals surface area contributed by atoms with Gasteiger partial charge >= 0.3 is 0 Å². The van der Waals surface area contributed by atoms with Crippen LogP contribution in [0.2, 0.25) is 0 Å². The molecule has 2 heterocycles. The maximum absolute atomic E-state index is 12.0. The number of aromatic amines is 1. The van der Waals surface area contributed by atoms with Crippen molar-refractivity contribution >= 4 is 5.91 Å². The fourth-order valence-corrected chi connectivity index (χ4v) is 2.53. The van der Waals surface area contributed by atoms with Crippen LogP contribution < -0.4 is 5.32 Å². The standard InChI is InChI=1S/C14H24N4O/c1-12(11-18-9-3-2-4-10-18)14(19)17-6-5-13-15-7-8-16-13/h7-8,12H,2-6,9-11H2,1H3,(H,15,16)(H,17,19)/t12-/m1/s1. The minimum Gasteiger partial charge on any atom is -0.355 e. The summed E-state index contributed by atoms with van der Waals surface area (Å²) in [4.78, 5) is 21.6. The summed E-state index contributed by atoms with van der Waals surface area (Å²) in [5, 5.41) is 2.98. The summed E-state index contributed by atoms with van der Waals surface area (Å²) >= 11 is 0. The molecule has 1 amide bonds. The lowest BCUT2D eigenvalue weighted by atomic mass is 10.1. The van der Waals surface area contributed by atoms with Crippen LogP contribution in [0.1, 0.15) is 32.0 Å². The molecule has 0 bridgehead atoms. The van der Waals surface area contributed by atoms with Crippen molar-refractivity contribution in [2.24, 2.45) is 5.92 Å². The van der Waals surface area contributed by atoms with Crippen LogP contribution in [0.25, 0.3) is 0 Å². The van der Waals surface area contributed by atoms with E-state index in [9.17, 15) is 4.79 Å². The van der Waals surface area contributed by atoms with Crippen molar-refractivity contribution in [1.82, 2.24) is 20.2 Å². The molecule has 5 heteroatoms. The zero-order chi connectivity index (χ0) is 13.5. The molecule has 1 aliphatic rings. The van der Waals surface area contributed by atoms with E-state index in [0.717, 1.165) is 31.9 Å². The van der Waals surface area contributed by atoms with Crippen molar-refractivity contribution in [2.45, 2.75) is 32.6 Å². The highest BCUT2D eigenvalue weighted by atomic mass is 16.1. The molecule has 0 aromatic carbocycles. The maximum atomic E-state index is 12.0. The van der Waals surface area contributed by atoms with Gasteiger partial charge in [0.1, 0.15) is 5.82 Å². The van der Waals surface area contributed by atoms with Crippen molar-refractivity contribution in [3.05, 3.63) is 18.2 Å². The molecule has 5 nitrogen and oxygen atoms in total. The van der Waals surface area contributed by atoms with Gasteiger partial charge < -0.3 is 15.2 Å². The molecule has 2 rings (SSSR count). The van der Waals surface area contributed by atoms with Crippen LogP contribution >= 0.6 is 0 Å². The van der Waals surface area contributed by atoms with Gasteiger partial charge in [-0.2, -0.15) is 0 Å². The minimum atomic E-state index is 0.0645. The number of piperidine rings is 1. The number of H-pyrrole nitrogens is 1. The highest BCUT2D eigenvalue weighted by Gasteiger charge is 2.18. The Morgan fingerprint density at radius 3 is 2.95 bits per heavy atom. The lowest BCUT2D eigenvalue weighted by Gasteiger charge is -2.28. The van der Waals surface area contributed by atoms with Crippen LogP contribution in [0.3, 0.4) is 0 Å². The Kier molecular flexibility index (Phi) is 5.39. The summed E-state index contributed by atoms with van der Waals surface area (Å²) in [7, 11) is 0. The Hall–Kier alpha value is -1.36. The number of amides is 1. The van der Waals surface area contributed by atoms with E-state index in [2.05, 4.69) is 20.2 Å². The molecule has 2 N–H and O–H groups in total. The van der Waals surface area contributed by atoms with Crippen molar-refractivity contribution in [3.8, 4) is 0 Å². The first-order chi connectivity index (χ1) is 9.25. The van der Waals surface area contributed by atoms with Gasteiger partial charge in [0.2, 0.25) is 5.91 Å². The van der Waals surface area contributed by atoms with Crippen molar-refractivity contribution in [2.75, 3.05) is 26.2 Å². The van der Waals surface area contributed by atoms with Crippen LogP contribution in [0.5, 0.6) is 0 Å². The lowest BCUT2D eigenvalue weighted by Crippen LogP contribution is -2.40. The summed E-state index contributed by atoms with van der Waals surface area (Å²) < 4.78 is 0. The Bertz CT molecular complexity index is 371. The van der Waals surface area contributed by atoms with Gasteiger partial charge in [-0.1, -0.05) is 13.3 Å². The predicted molar refractivity (Wildman–Crippen MR) is 74.8 cm³/mol. The normalized spacial score (nSPS) is 18.2. The third-order valence-electron chi connectivity index (χ3n) is 3.64. The molecular formula is C14H24N4O. The van der Waals surface area contributed by atoms with E-state index in [1.54, 1.807) is 12.4 Å². The van der Waals surface area contributed by atoms with Gasteiger partial charge in [-0.25, -0.2) is 4.98 Å². The smallest absolute Gasteiger partial charge is 0.224 e. The van der Waals surface area contributed by atoms with Crippen LogP contribution in [-0.4, -0.2) is 47.0 Å². The van der Waals surface area contributed by atoms with Gasteiger partial charge in [-0.05, 0) is 25.9 Å². The largest absolute Gasteiger partial charge is 0.355 e. The average Bonchev–Trinajstić information content (AvgIpc) is 2.93. The molecule has 1 saturated heterocycles. The van der Waals surface area contributed by atoms with Crippen LogP contribution in [0, 0.1) is 5.92 Å². The second kappa shape index (κ2) is 7.28. The molecule has 1 aliphatic heterocycles. The highest BCUT2D eigenvalue weighted by molar-refractivity contribution is 5.78. The molecule has 106 valence electrons. The quantitative estimate of drug-likeness (QED) is 0.811. The summed E-state index contributed by atoms with van der Waals surface area (Å²) in [5.74, 6) is 1.14. The summed E-state index contributed by atoms with van der Waals surface area (Å²) in [6.07, 6.45) is 8.17. The third-order valence-corrected chi connectivity index (χ3v) is 3.64. The van der Waals surface area contributed by atoms with E-state index in [0.29, 0.717) is 6.54 Å². The van der Waals surface area contributed by atoms with E-state index >= 15 is 0 Å². The van der Waals surface area contributed by atoms with Crippen molar-refractivity contribution in [3.63, 3.8) is 0 Å². The number of carbonyl (C=O) groups excluding carboxylic acids is 1. The van der Waals surface area contributed by atoms with Crippen LogP contribution in [0.4, 0.5) is 0 Å². The number of nitrogens with zero attached hydrogens (tertiary/aromatic N) is 2. The second-order valence-electron chi connectivity index (χ2n) is 5.34. The fourth-order valence-electron chi connectivity index (χ4n) is 2.53. The van der Waals surface area contributed by atoms with Gasteiger partial charge in [0, 0.05) is 37.8 Å². The molecule has 1 atom stereocenters. The first kappa shape index (κ1) is 14.1. The summed E-state index contributed by atoms with van der Waals surface area (Å²) in [6.45, 7) is 5.83. The molecule has 1 aromatic rings. The number of aromatic nitrogens is 2. The third kappa shape index (κ3) is 4.67. The summed E-state index contributed by atoms with van der Waals surface area (Å²) in [5.41, 5.74) is 0. The summed E-state index contributed by atoms with van der Waals surface area (Å²) in [6, 6.07) is 0. The van der Waals surface area contributed by atoms with Crippen molar-refractivity contribution < 1.29 is 4.79 Å². The van der Waals surface area contributed by atoms with E-state index in [-0.39, 0.29) is 11.8 Å². The molecule has 1 fully saturated rings. The van der Waals surface area contributed by atoms with Gasteiger partial charge in [-0.15, -0.1) is 0 Å². The van der Waals surface area contributed by atoms with E-state index in [1.165, 1.54) is 19.3 Å². The molecule has 0 radical (unpaired) electrons. The number of likely N-dealkylation sites (tertiary alicyclic amines) is 1. The molecule has 0 unspecified atom stereocenters. The molecule has 0 aliphatic carbocycles. The average molecular weight is 264 g/mol. The monoisotopic (exact) mass is 264 g/mol. The van der Waals surface area contributed by atoms with Gasteiger partial charge in [0.05, 0.1) is 0 Å². The highest BCUT2D eigenvalue weighted by Crippen LogP contribution is 2.10. The number of rotatable bonds is 6. The molecule has 0 spiro atoms. The van der Waals surface area contributed by atoms with Gasteiger partial charge in [-0.3, -0.25) is 4.79 Å². The molecular weight excluding hydrogens is 240 g/mol. The second-order valence-corrected chi connectivity index (χ2v) is 5.34. The maximum Gasteiger partial charge on any atom is 0.224 e. The predicted octanol–water partition coefficient (Wildman–Crippen LogP) is 1.19. The molecule has 19 heavy (non-hydrogen) atoms. The minimum absolute atomic E-state index is 0.0645. The number of imidazole rings is 1. The van der Waals surface area contributed by atoms with E-state index < -0.39 is 0 Å². The topological polar surface area (TPSA) is 61.0 Å². The van der Waals surface area contributed by atoms with Crippen LogP contribution in [-0.2, 0) is 11.2 Å². The number of carbonyl (C=O) groups is 1. The molecule has 1 aromatic heterocycles. The SMILES string of the molecule is C[C@H](CN1CCCCC1)C(=O)NCCc1ncc[nH]1. The van der Waals surface area contributed by atoms with Gasteiger partial charge in [0.25, 0.3) is 0 Å². The van der Waals surface area contributed by atoms with Gasteiger partial charge in [0.15, 0.2) is 0 Å². The zero-order valence-corrected chi connectivity index (χ0v) is 11.7. The van der Waals surface area contributed by atoms with Crippen LogP contribution in [0.15, 0.2) is 12.4 Å². The van der Waals surface area contributed by atoms with E-state index in [4.69, 9.17) is 0 Å². The number of hydrogen-bond acceptors (Lipinski definition) is 3.